The molecule has 0 spiro atoms. The van der Waals surface area contributed by atoms with E-state index in [0.717, 1.165) is 0 Å². The number of rotatable bonds is 29. The molecular formula is C30H62N16O6. The lowest BCUT2D eigenvalue weighted by atomic mass is 10.0. The topological polar surface area (TPSA) is 425 Å². The summed E-state index contributed by atoms with van der Waals surface area (Å²) in [4.78, 5) is 77.3. The summed E-state index contributed by atoms with van der Waals surface area (Å²) in [7, 11) is 0. The fraction of sp³-hybridized carbons (Fsp3) is 0.733. The molecule has 22 heteroatoms. The Hall–Kier alpha value is -4.96. The molecule has 0 aliphatic heterocycles. The Labute approximate surface area is 304 Å². The van der Waals surface area contributed by atoms with Crippen molar-refractivity contribution in [3.05, 3.63) is 0 Å². The lowest BCUT2D eigenvalue weighted by Crippen LogP contribution is -2.58. The van der Waals surface area contributed by atoms with Crippen molar-refractivity contribution >= 4 is 47.5 Å². The third-order valence-corrected chi connectivity index (χ3v) is 7.60. The number of aliphatic carboxylic acids is 1. The Bertz CT molecular complexity index is 1190. The number of aliphatic imine (C=N–C) groups is 3. The maximum absolute atomic E-state index is 13.7. The molecule has 0 aromatic rings. The minimum absolute atomic E-state index is 0.00272. The summed E-state index contributed by atoms with van der Waals surface area (Å²) in [5, 5.41) is 20.2. The Morgan fingerprint density at radius 2 is 0.769 bits per heavy atom. The summed E-state index contributed by atoms with van der Waals surface area (Å²) in [5.41, 5.74) is 49.5. The summed E-state index contributed by atoms with van der Waals surface area (Å²) in [6, 6.07) is -5.73. The SMILES string of the molecule is NCCCC[C@H](NC(=O)[C@H](CCCN=C(N)N)NC(=O)[C@@H](N)CCCCN)C(=O)N[C@@H](CCCN=C(N)N)C(=O)N[C@@H](CCCN=C(N)N)C(=O)O. The molecule has 0 bridgehead atoms. The molecule has 0 heterocycles. The average Bonchev–Trinajstić information content (AvgIpc) is 3.07. The van der Waals surface area contributed by atoms with Crippen molar-refractivity contribution in [1.82, 2.24) is 21.3 Å². The number of hydrogen-bond acceptors (Lipinski definition) is 11. The Morgan fingerprint density at radius 3 is 1.12 bits per heavy atom. The molecule has 0 aliphatic carbocycles. The van der Waals surface area contributed by atoms with Gasteiger partial charge in [0.2, 0.25) is 23.6 Å². The number of hydrogen-bond donors (Lipinski definition) is 14. The van der Waals surface area contributed by atoms with Crippen molar-refractivity contribution < 1.29 is 29.1 Å². The first-order valence-corrected chi connectivity index (χ1v) is 17.4. The summed E-state index contributed by atoms with van der Waals surface area (Å²) < 4.78 is 0. The first kappa shape index (κ1) is 47.0. The van der Waals surface area contributed by atoms with Gasteiger partial charge in [-0.1, -0.05) is 6.42 Å². The number of carbonyl (C=O) groups is 5. The molecule has 52 heavy (non-hydrogen) atoms. The molecule has 298 valence electrons. The minimum Gasteiger partial charge on any atom is -0.480 e. The highest BCUT2D eigenvalue weighted by molar-refractivity contribution is 5.95. The van der Waals surface area contributed by atoms with Gasteiger partial charge in [0.25, 0.3) is 0 Å². The molecule has 0 rings (SSSR count). The van der Waals surface area contributed by atoms with Crippen LogP contribution in [0.25, 0.3) is 0 Å². The summed E-state index contributed by atoms with van der Waals surface area (Å²) in [5.74, 6) is -4.52. The number of carboxylic acid groups (broad SMARTS) is 1. The molecule has 0 saturated heterocycles. The largest absolute Gasteiger partial charge is 0.480 e. The zero-order valence-corrected chi connectivity index (χ0v) is 29.9. The van der Waals surface area contributed by atoms with Crippen LogP contribution >= 0.6 is 0 Å². The van der Waals surface area contributed by atoms with Gasteiger partial charge in [-0.05, 0) is 83.7 Å². The summed E-state index contributed by atoms with van der Waals surface area (Å²) in [6.07, 6.45) is 3.63. The van der Waals surface area contributed by atoms with Gasteiger partial charge >= 0.3 is 5.97 Å². The fourth-order valence-electron chi connectivity index (χ4n) is 4.80. The van der Waals surface area contributed by atoms with Crippen LogP contribution in [0.1, 0.15) is 77.0 Å². The smallest absolute Gasteiger partial charge is 0.326 e. The molecular weight excluding hydrogens is 680 g/mol. The second kappa shape index (κ2) is 27.7. The van der Waals surface area contributed by atoms with E-state index in [1.54, 1.807) is 0 Å². The van der Waals surface area contributed by atoms with E-state index in [1.807, 2.05) is 0 Å². The fourth-order valence-corrected chi connectivity index (χ4v) is 4.80. The van der Waals surface area contributed by atoms with Gasteiger partial charge in [0.15, 0.2) is 17.9 Å². The van der Waals surface area contributed by atoms with Crippen LogP contribution < -0.4 is 72.9 Å². The van der Waals surface area contributed by atoms with Gasteiger partial charge in [-0.2, -0.15) is 0 Å². The van der Waals surface area contributed by atoms with Crippen molar-refractivity contribution in [2.24, 2.45) is 66.6 Å². The van der Waals surface area contributed by atoms with Crippen LogP contribution in [-0.2, 0) is 24.0 Å². The van der Waals surface area contributed by atoms with Gasteiger partial charge < -0.3 is 78.0 Å². The molecule has 0 aromatic carbocycles. The van der Waals surface area contributed by atoms with E-state index < -0.39 is 59.8 Å². The van der Waals surface area contributed by atoms with Gasteiger partial charge in [-0.3, -0.25) is 34.2 Å². The highest BCUT2D eigenvalue weighted by atomic mass is 16.4. The zero-order chi connectivity index (χ0) is 39.5. The van der Waals surface area contributed by atoms with E-state index in [9.17, 15) is 29.1 Å². The first-order chi connectivity index (χ1) is 24.6. The number of nitrogens with zero attached hydrogens (tertiary/aromatic N) is 3. The Kier molecular flexibility index (Phi) is 25.1. The molecule has 0 unspecified atom stereocenters. The van der Waals surface area contributed by atoms with Gasteiger partial charge in [0.05, 0.1) is 6.04 Å². The summed E-state index contributed by atoms with van der Waals surface area (Å²) in [6.45, 7) is 1.20. The molecule has 0 saturated carbocycles. The van der Waals surface area contributed by atoms with Gasteiger partial charge in [0.1, 0.15) is 24.2 Å². The van der Waals surface area contributed by atoms with Crippen LogP contribution in [-0.4, -0.2) is 116 Å². The van der Waals surface area contributed by atoms with Crippen molar-refractivity contribution in [2.75, 3.05) is 32.7 Å². The average molecular weight is 743 g/mol. The van der Waals surface area contributed by atoms with Crippen molar-refractivity contribution in [3.63, 3.8) is 0 Å². The third-order valence-electron chi connectivity index (χ3n) is 7.60. The number of nitrogens with one attached hydrogen (secondary N) is 4. The van der Waals surface area contributed by atoms with Crippen molar-refractivity contribution in [3.8, 4) is 0 Å². The van der Waals surface area contributed by atoms with E-state index >= 15 is 0 Å². The highest BCUT2D eigenvalue weighted by Gasteiger charge is 2.31. The molecule has 0 aliphatic rings. The summed E-state index contributed by atoms with van der Waals surface area (Å²) >= 11 is 0. The second-order valence-corrected chi connectivity index (χ2v) is 12.1. The van der Waals surface area contributed by atoms with Crippen LogP contribution in [0.4, 0.5) is 0 Å². The third kappa shape index (κ3) is 22.7. The predicted octanol–water partition coefficient (Wildman–Crippen LogP) is -5.24. The first-order valence-electron chi connectivity index (χ1n) is 17.4. The van der Waals surface area contributed by atoms with E-state index in [2.05, 4.69) is 36.2 Å². The van der Waals surface area contributed by atoms with Crippen LogP contribution in [0.5, 0.6) is 0 Å². The van der Waals surface area contributed by atoms with E-state index in [4.69, 9.17) is 51.6 Å². The predicted molar refractivity (Wildman–Crippen MR) is 199 cm³/mol. The molecule has 23 N–H and O–H groups in total. The number of guanidine groups is 3. The Morgan fingerprint density at radius 1 is 0.462 bits per heavy atom. The van der Waals surface area contributed by atoms with Gasteiger partial charge in [0, 0.05) is 19.6 Å². The molecule has 0 aromatic heterocycles. The Balaban J connectivity index is 6.15. The number of carboxylic acids is 1. The molecule has 4 amide bonds. The van der Waals surface area contributed by atoms with Gasteiger partial charge in [-0.25, -0.2) is 4.79 Å². The van der Waals surface area contributed by atoms with Crippen molar-refractivity contribution in [1.29, 1.82) is 0 Å². The number of carbonyl (C=O) groups excluding carboxylic acids is 4. The zero-order valence-electron chi connectivity index (χ0n) is 29.9. The lowest BCUT2D eigenvalue weighted by Gasteiger charge is -2.26. The number of nitrogens with two attached hydrogens (primary N) is 9. The van der Waals surface area contributed by atoms with E-state index in [1.165, 1.54) is 0 Å². The standard InChI is InChI=1S/C30H62N16O6/c31-13-3-1-8-18(33)23(47)43-20(10-5-15-40-28(34)35)25(49)44-19(9-2-4-14-32)24(48)45-21(11-6-16-41-29(36)37)26(50)46-22(27(51)52)12-7-17-42-30(38)39/h18-22H,1-17,31-33H2,(H,43,47)(H,44,49)(H,45,48)(H,46,50)(H,51,52)(H4,34,35,40)(H4,36,37,41)(H4,38,39,42)/t18-,19-,20-,21-,22-/m0/s1. The van der Waals surface area contributed by atoms with Crippen LogP contribution in [0.2, 0.25) is 0 Å². The van der Waals surface area contributed by atoms with Crippen LogP contribution in [0, 0.1) is 0 Å². The van der Waals surface area contributed by atoms with Crippen LogP contribution in [0.15, 0.2) is 15.0 Å². The van der Waals surface area contributed by atoms with Gasteiger partial charge in [-0.15, -0.1) is 0 Å². The monoisotopic (exact) mass is 743 g/mol. The maximum atomic E-state index is 13.7. The maximum Gasteiger partial charge on any atom is 0.326 e. The molecule has 0 fully saturated rings. The van der Waals surface area contributed by atoms with Crippen LogP contribution in [0.3, 0.4) is 0 Å². The number of unbranched alkanes of at least 4 members (excludes halogenated alkanes) is 2. The quantitative estimate of drug-likeness (QED) is 0.0193. The minimum atomic E-state index is -1.32. The number of amides is 4. The molecule has 5 atom stereocenters. The highest BCUT2D eigenvalue weighted by Crippen LogP contribution is 2.09. The van der Waals surface area contributed by atoms with E-state index in [0.29, 0.717) is 51.6 Å². The second-order valence-electron chi connectivity index (χ2n) is 12.1. The lowest BCUT2D eigenvalue weighted by molar-refractivity contribution is -0.142. The molecule has 0 radical (unpaired) electrons. The normalized spacial score (nSPS) is 13.6. The molecule has 22 nitrogen and oxygen atoms in total. The van der Waals surface area contributed by atoms with E-state index in [-0.39, 0.29) is 76.0 Å². The van der Waals surface area contributed by atoms with Crippen molar-refractivity contribution in [2.45, 2.75) is 107 Å².